The fourth-order valence-electron chi connectivity index (χ4n) is 2.08. The molecule has 1 aliphatic heterocycles. The van der Waals surface area contributed by atoms with Gasteiger partial charge in [0.15, 0.2) is 0 Å². The maximum atomic E-state index is 12.2. The van der Waals surface area contributed by atoms with Crippen molar-refractivity contribution in [3.8, 4) is 0 Å². The minimum atomic E-state index is -3.39. The van der Waals surface area contributed by atoms with Gasteiger partial charge in [0.2, 0.25) is 10.0 Å². The lowest BCUT2D eigenvalue weighted by atomic mass is 10.0. The summed E-state index contributed by atoms with van der Waals surface area (Å²) in [6, 6.07) is 0.0316. The predicted molar refractivity (Wildman–Crippen MR) is 71.0 cm³/mol. The molecule has 0 bridgehead atoms. The minimum Gasteiger partial charge on any atom is -0.328 e. The number of nitrogens with two attached hydrogens (primary N) is 1. The molecule has 2 heterocycles. The molecule has 18 heavy (non-hydrogen) atoms. The Kier molecular flexibility index (Phi) is 4.77. The van der Waals surface area contributed by atoms with Crippen molar-refractivity contribution in [2.75, 3.05) is 13.1 Å². The van der Waals surface area contributed by atoms with E-state index in [4.69, 9.17) is 5.73 Å². The number of rotatable bonds is 3. The maximum Gasteiger partial charge on any atom is 0.246 e. The first-order valence-electron chi connectivity index (χ1n) is 5.65. The van der Waals surface area contributed by atoms with Gasteiger partial charge in [0.1, 0.15) is 4.90 Å². The van der Waals surface area contributed by atoms with Crippen LogP contribution in [-0.2, 0) is 17.1 Å². The lowest BCUT2D eigenvalue weighted by Crippen LogP contribution is -2.32. The third-order valence-corrected chi connectivity index (χ3v) is 5.07. The number of sulfonamides is 1. The molecule has 0 aliphatic carbocycles. The summed E-state index contributed by atoms with van der Waals surface area (Å²) >= 11 is 0. The van der Waals surface area contributed by atoms with Gasteiger partial charge >= 0.3 is 0 Å². The molecule has 1 saturated heterocycles. The van der Waals surface area contributed by atoms with E-state index in [1.54, 1.807) is 7.05 Å². The van der Waals surface area contributed by atoms with E-state index in [0.29, 0.717) is 13.1 Å². The van der Waals surface area contributed by atoms with Crippen LogP contribution in [0, 0.1) is 5.92 Å². The summed E-state index contributed by atoms with van der Waals surface area (Å²) in [5.74, 6) is 0.251. The van der Waals surface area contributed by atoms with Gasteiger partial charge in [-0.3, -0.25) is 4.68 Å². The average molecular weight is 295 g/mol. The highest BCUT2D eigenvalue weighted by molar-refractivity contribution is 7.89. The molecule has 0 radical (unpaired) electrons. The molecule has 6 nitrogen and oxygen atoms in total. The molecule has 0 aromatic carbocycles. The highest BCUT2D eigenvalue weighted by Crippen LogP contribution is 2.25. The van der Waals surface area contributed by atoms with Gasteiger partial charge in [0.25, 0.3) is 0 Å². The zero-order valence-corrected chi connectivity index (χ0v) is 12.1. The minimum absolute atomic E-state index is 0. The first-order chi connectivity index (χ1) is 7.91. The molecule has 0 spiro atoms. The van der Waals surface area contributed by atoms with Crippen LogP contribution in [0.25, 0.3) is 0 Å². The first-order valence-corrected chi connectivity index (χ1v) is 7.09. The monoisotopic (exact) mass is 294 g/mol. The molecule has 1 aliphatic rings. The second-order valence-electron chi connectivity index (χ2n) is 4.62. The Labute approximate surface area is 114 Å². The van der Waals surface area contributed by atoms with E-state index in [-0.39, 0.29) is 29.3 Å². The SMILES string of the molecule is CC(N)C1CCN(S(=O)(=O)c2cnn(C)c2)C1.Cl. The smallest absolute Gasteiger partial charge is 0.246 e. The summed E-state index contributed by atoms with van der Waals surface area (Å²) < 4.78 is 27.5. The van der Waals surface area contributed by atoms with Gasteiger partial charge in [-0.15, -0.1) is 12.4 Å². The van der Waals surface area contributed by atoms with Crippen LogP contribution in [-0.4, -0.2) is 41.6 Å². The number of aromatic nitrogens is 2. The van der Waals surface area contributed by atoms with Gasteiger partial charge < -0.3 is 5.73 Å². The van der Waals surface area contributed by atoms with E-state index in [0.717, 1.165) is 6.42 Å². The molecule has 2 rings (SSSR count). The average Bonchev–Trinajstić information content (AvgIpc) is 2.85. The van der Waals surface area contributed by atoms with Crippen molar-refractivity contribution in [3.05, 3.63) is 12.4 Å². The molecule has 2 unspecified atom stereocenters. The summed E-state index contributed by atoms with van der Waals surface area (Å²) in [6.45, 7) is 2.98. The van der Waals surface area contributed by atoms with Crippen molar-refractivity contribution in [2.24, 2.45) is 18.7 Å². The van der Waals surface area contributed by atoms with Crippen molar-refractivity contribution >= 4 is 22.4 Å². The van der Waals surface area contributed by atoms with Crippen LogP contribution < -0.4 is 5.73 Å². The molecular formula is C10H19ClN4O2S. The Morgan fingerprint density at radius 2 is 2.22 bits per heavy atom. The maximum absolute atomic E-state index is 12.2. The van der Waals surface area contributed by atoms with Crippen molar-refractivity contribution in [1.29, 1.82) is 0 Å². The van der Waals surface area contributed by atoms with E-state index in [9.17, 15) is 8.42 Å². The van der Waals surface area contributed by atoms with Gasteiger partial charge in [-0.05, 0) is 19.3 Å². The van der Waals surface area contributed by atoms with E-state index >= 15 is 0 Å². The molecule has 2 atom stereocenters. The summed E-state index contributed by atoms with van der Waals surface area (Å²) in [5.41, 5.74) is 5.81. The highest BCUT2D eigenvalue weighted by Gasteiger charge is 2.34. The van der Waals surface area contributed by atoms with Gasteiger partial charge in [0.05, 0.1) is 6.20 Å². The molecular weight excluding hydrogens is 276 g/mol. The van der Waals surface area contributed by atoms with E-state index < -0.39 is 10.0 Å². The molecule has 0 amide bonds. The van der Waals surface area contributed by atoms with Gasteiger partial charge in [-0.1, -0.05) is 0 Å². The lowest BCUT2D eigenvalue weighted by molar-refractivity contribution is 0.429. The van der Waals surface area contributed by atoms with Crippen molar-refractivity contribution in [1.82, 2.24) is 14.1 Å². The number of hydrogen-bond donors (Lipinski definition) is 1. The molecule has 0 saturated carbocycles. The summed E-state index contributed by atoms with van der Waals surface area (Å²) in [4.78, 5) is 0.255. The summed E-state index contributed by atoms with van der Waals surface area (Å²) in [7, 11) is -1.69. The van der Waals surface area contributed by atoms with Crippen LogP contribution in [0.5, 0.6) is 0 Å². The zero-order chi connectivity index (χ0) is 12.6. The van der Waals surface area contributed by atoms with Crippen LogP contribution in [0.1, 0.15) is 13.3 Å². The zero-order valence-electron chi connectivity index (χ0n) is 10.5. The van der Waals surface area contributed by atoms with Crippen LogP contribution in [0.15, 0.2) is 17.3 Å². The molecule has 2 N–H and O–H groups in total. The topological polar surface area (TPSA) is 81.2 Å². The summed E-state index contributed by atoms with van der Waals surface area (Å²) in [6.07, 6.45) is 3.74. The van der Waals surface area contributed by atoms with Crippen LogP contribution in [0.2, 0.25) is 0 Å². The lowest BCUT2D eigenvalue weighted by Gasteiger charge is -2.17. The molecule has 1 fully saturated rings. The molecule has 1 aromatic heterocycles. The Balaban J connectivity index is 0.00000162. The number of aryl methyl sites for hydroxylation is 1. The predicted octanol–water partition coefficient (Wildman–Crippen LogP) is 0.200. The molecule has 104 valence electrons. The van der Waals surface area contributed by atoms with E-state index in [1.807, 2.05) is 6.92 Å². The van der Waals surface area contributed by atoms with Crippen molar-refractivity contribution < 1.29 is 8.42 Å². The van der Waals surface area contributed by atoms with Crippen LogP contribution in [0.4, 0.5) is 0 Å². The van der Waals surface area contributed by atoms with Crippen LogP contribution in [0.3, 0.4) is 0 Å². The molecule has 1 aromatic rings. The van der Waals surface area contributed by atoms with Gasteiger partial charge in [0, 0.05) is 32.4 Å². The fraction of sp³-hybridized carbons (Fsp3) is 0.700. The number of hydrogen-bond acceptors (Lipinski definition) is 4. The molecule has 8 heteroatoms. The Morgan fingerprint density at radius 3 is 2.67 bits per heavy atom. The van der Waals surface area contributed by atoms with Gasteiger partial charge in [-0.2, -0.15) is 9.40 Å². The normalized spacial score (nSPS) is 22.7. The van der Waals surface area contributed by atoms with Crippen molar-refractivity contribution in [2.45, 2.75) is 24.3 Å². The van der Waals surface area contributed by atoms with Gasteiger partial charge in [-0.25, -0.2) is 8.42 Å². The highest BCUT2D eigenvalue weighted by atomic mass is 35.5. The second-order valence-corrected chi connectivity index (χ2v) is 6.56. The van der Waals surface area contributed by atoms with E-state index in [2.05, 4.69) is 5.10 Å². The Bertz CT molecular complexity index is 500. The quantitative estimate of drug-likeness (QED) is 0.863. The van der Waals surface area contributed by atoms with E-state index in [1.165, 1.54) is 21.4 Å². The third-order valence-electron chi connectivity index (χ3n) is 3.25. The van der Waals surface area contributed by atoms with Crippen LogP contribution >= 0.6 is 12.4 Å². The largest absolute Gasteiger partial charge is 0.328 e. The number of nitrogens with zero attached hydrogens (tertiary/aromatic N) is 3. The Hall–Kier alpha value is -0.630. The third kappa shape index (κ3) is 2.85. The fourth-order valence-corrected chi connectivity index (χ4v) is 3.58. The second kappa shape index (κ2) is 5.56. The number of halogens is 1. The van der Waals surface area contributed by atoms with Crippen molar-refractivity contribution in [3.63, 3.8) is 0 Å². The first kappa shape index (κ1) is 15.4. The standard InChI is InChI=1S/C10H18N4O2S.ClH/c1-8(11)9-3-4-14(6-9)17(15,16)10-5-12-13(2)7-10;/h5,7-9H,3-4,6,11H2,1-2H3;1H. The Morgan fingerprint density at radius 1 is 1.56 bits per heavy atom. The summed E-state index contributed by atoms with van der Waals surface area (Å²) in [5, 5.41) is 3.89.